The molecule has 5 nitrogen and oxygen atoms in total. The summed E-state index contributed by atoms with van der Waals surface area (Å²) >= 11 is 0. The van der Waals surface area contributed by atoms with Gasteiger partial charge in [0.2, 0.25) is 0 Å². The zero-order valence-electron chi connectivity index (χ0n) is 9.40. The maximum absolute atomic E-state index is 11.6. The van der Waals surface area contributed by atoms with Crippen LogP contribution in [0.3, 0.4) is 0 Å². The zero-order valence-corrected chi connectivity index (χ0v) is 9.40. The quantitative estimate of drug-likeness (QED) is 0.412. The van der Waals surface area contributed by atoms with Gasteiger partial charge in [-0.1, -0.05) is 5.57 Å². The molecule has 0 aliphatic carbocycles. The smallest absolute Gasteiger partial charge is 0.271 e. The molecule has 0 aromatic heterocycles. The van der Waals surface area contributed by atoms with Crippen molar-refractivity contribution in [3.05, 3.63) is 11.1 Å². The van der Waals surface area contributed by atoms with Gasteiger partial charge in [0.15, 0.2) is 5.78 Å². The number of rotatable bonds is 2. The van der Waals surface area contributed by atoms with Crippen molar-refractivity contribution in [2.24, 2.45) is 11.8 Å². The standard InChI is InChI=1S/C10H16N2O3/c1-5(7(3)13)6(2)9-8(4)15-12(11)10(9)14/h8-9H,11H2,1-4H3. The van der Waals surface area contributed by atoms with Crippen molar-refractivity contribution in [3.8, 4) is 0 Å². The van der Waals surface area contributed by atoms with Crippen LogP contribution in [-0.2, 0) is 14.4 Å². The molecule has 2 unspecified atom stereocenters. The molecule has 1 aliphatic rings. The molecule has 84 valence electrons. The average Bonchev–Trinajstić information content (AvgIpc) is 2.39. The molecule has 1 rings (SSSR count). The molecule has 5 heteroatoms. The van der Waals surface area contributed by atoms with Crippen LogP contribution < -0.4 is 5.84 Å². The monoisotopic (exact) mass is 212 g/mol. The molecule has 0 aromatic carbocycles. The Labute approximate surface area is 88.8 Å². The third-order valence-electron chi connectivity index (χ3n) is 2.82. The maximum atomic E-state index is 11.6. The molecule has 2 atom stereocenters. The first-order valence-corrected chi connectivity index (χ1v) is 4.80. The Morgan fingerprint density at radius 2 is 1.93 bits per heavy atom. The number of carbonyl (C=O) groups excluding carboxylic acids is 2. The zero-order chi connectivity index (χ0) is 11.7. The molecule has 0 spiro atoms. The van der Waals surface area contributed by atoms with Gasteiger partial charge in [-0.2, -0.15) is 0 Å². The number of carbonyl (C=O) groups is 2. The van der Waals surface area contributed by atoms with Crippen LogP contribution in [0.2, 0.25) is 0 Å². The minimum atomic E-state index is -0.445. The molecule has 1 heterocycles. The molecule has 0 saturated carbocycles. The number of ketones is 1. The van der Waals surface area contributed by atoms with Crippen LogP contribution in [0.4, 0.5) is 0 Å². The van der Waals surface area contributed by atoms with E-state index in [1.54, 1.807) is 20.8 Å². The van der Waals surface area contributed by atoms with Gasteiger partial charge < -0.3 is 0 Å². The minimum Gasteiger partial charge on any atom is -0.295 e. The Hall–Kier alpha value is -1.20. The first kappa shape index (κ1) is 11.9. The first-order valence-electron chi connectivity index (χ1n) is 4.80. The highest BCUT2D eigenvalue weighted by Crippen LogP contribution is 2.28. The number of nitrogens with zero attached hydrogens (tertiary/aromatic N) is 1. The number of nitrogens with two attached hydrogens (primary N) is 1. The number of amides is 1. The topological polar surface area (TPSA) is 72.6 Å². The normalized spacial score (nSPS) is 28.1. The molecule has 0 bridgehead atoms. The lowest BCUT2D eigenvalue weighted by molar-refractivity contribution is -0.172. The number of hydrogen-bond acceptors (Lipinski definition) is 4. The highest BCUT2D eigenvalue weighted by atomic mass is 16.7. The second-order valence-electron chi connectivity index (χ2n) is 3.82. The van der Waals surface area contributed by atoms with Crippen molar-refractivity contribution in [1.82, 2.24) is 5.17 Å². The van der Waals surface area contributed by atoms with Crippen LogP contribution >= 0.6 is 0 Å². The summed E-state index contributed by atoms with van der Waals surface area (Å²) < 4.78 is 0. The number of hydroxylamine groups is 1. The fraction of sp³-hybridized carbons (Fsp3) is 0.600. The van der Waals surface area contributed by atoms with Crippen LogP contribution in [0.15, 0.2) is 11.1 Å². The molecule has 1 saturated heterocycles. The Kier molecular flexibility index (Phi) is 3.26. The van der Waals surface area contributed by atoms with Crippen LogP contribution in [0.1, 0.15) is 27.7 Å². The van der Waals surface area contributed by atoms with Crippen LogP contribution in [0, 0.1) is 5.92 Å². The van der Waals surface area contributed by atoms with Gasteiger partial charge >= 0.3 is 0 Å². The number of Topliss-reactive ketones (excluding diaryl/α,β-unsaturated/α-hetero) is 1. The van der Waals surface area contributed by atoms with Gasteiger partial charge in [0.05, 0.1) is 5.92 Å². The van der Waals surface area contributed by atoms with E-state index in [-0.39, 0.29) is 17.8 Å². The molecule has 0 radical (unpaired) electrons. The predicted molar refractivity (Wildman–Crippen MR) is 54.1 cm³/mol. The van der Waals surface area contributed by atoms with Crippen molar-refractivity contribution in [2.75, 3.05) is 0 Å². The van der Waals surface area contributed by atoms with Crippen molar-refractivity contribution in [2.45, 2.75) is 33.8 Å². The third kappa shape index (κ3) is 2.08. The number of hydrogen-bond donors (Lipinski definition) is 1. The van der Waals surface area contributed by atoms with Gasteiger partial charge in [0.1, 0.15) is 6.10 Å². The summed E-state index contributed by atoms with van der Waals surface area (Å²) in [7, 11) is 0. The summed E-state index contributed by atoms with van der Waals surface area (Å²) in [6.45, 7) is 6.70. The second-order valence-corrected chi connectivity index (χ2v) is 3.82. The fourth-order valence-corrected chi connectivity index (χ4v) is 1.68. The summed E-state index contributed by atoms with van der Waals surface area (Å²) in [6, 6.07) is 0. The second kappa shape index (κ2) is 4.12. The predicted octanol–water partition coefficient (Wildman–Crippen LogP) is 0.564. The minimum absolute atomic E-state index is 0.0389. The highest BCUT2D eigenvalue weighted by Gasteiger charge is 2.40. The van der Waals surface area contributed by atoms with Gasteiger partial charge in [0.25, 0.3) is 5.91 Å². The van der Waals surface area contributed by atoms with Crippen molar-refractivity contribution in [1.29, 1.82) is 0 Å². The van der Waals surface area contributed by atoms with E-state index in [1.165, 1.54) is 6.92 Å². The molecule has 2 N–H and O–H groups in total. The van der Waals surface area contributed by atoms with Crippen molar-refractivity contribution < 1.29 is 14.4 Å². The lowest BCUT2D eigenvalue weighted by atomic mass is 9.90. The van der Waals surface area contributed by atoms with Gasteiger partial charge in [-0.3, -0.25) is 14.4 Å². The molecule has 1 aliphatic heterocycles. The SMILES string of the molecule is CC(=O)C(C)=C(C)C1C(=O)N(N)OC1C. The van der Waals surface area contributed by atoms with E-state index in [1.807, 2.05) is 0 Å². The highest BCUT2D eigenvalue weighted by molar-refractivity contribution is 5.95. The lowest BCUT2D eigenvalue weighted by Crippen LogP contribution is -2.33. The van der Waals surface area contributed by atoms with Crippen molar-refractivity contribution in [3.63, 3.8) is 0 Å². The number of hydrazine groups is 1. The van der Waals surface area contributed by atoms with E-state index < -0.39 is 5.92 Å². The Morgan fingerprint density at radius 1 is 1.40 bits per heavy atom. The third-order valence-corrected chi connectivity index (χ3v) is 2.82. The van der Waals surface area contributed by atoms with Gasteiger partial charge in [0, 0.05) is 0 Å². The van der Waals surface area contributed by atoms with E-state index in [0.717, 1.165) is 10.7 Å². The van der Waals surface area contributed by atoms with E-state index in [4.69, 9.17) is 10.7 Å². The Balaban J connectivity index is 3.03. The molecular formula is C10H16N2O3. The summed E-state index contributed by atoms with van der Waals surface area (Å²) in [4.78, 5) is 27.8. The Morgan fingerprint density at radius 3 is 2.27 bits per heavy atom. The van der Waals surface area contributed by atoms with Gasteiger partial charge in [-0.15, -0.1) is 5.17 Å². The van der Waals surface area contributed by atoms with E-state index >= 15 is 0 Å². The van der Waals surface area contributed by atoms with Crippen LogP contribution in [0.25, 0.3) is 0 Å². The largest absolute Gasteiger partial charge is 0.295 e. The molecule has 1 amide bonds. The van der Waals surface area contributed by atoms with E-state index in [2.05, 4.69) is 0 Å². The average molecular weight is 212 g/mol. The maximum Gasteiger partial charge on any atom is 0.271 e. The summed E-state index contributed by atoms with van der Waals surface area (Å²) in [6.07, 6.45) is -0.322. The number of allylic oxidation sites excluding steroid dienone is 1. The summed E-state index contributed by atoms with van der Waals surface area (Å²) in [5, 5.41) is 0.742. The summed E-state index contributed by atoms with van der Waals surface area (Å²) in [5.74, 6) is 4.54. The molecule has 1 fully saturated rings. The van der Waals surface area contributed by atoms with Crippen molar-refractivity contribution >= 4 is 11.7 Å². The van der Waals surface area contributed by atoms with Crippen LogP contribution in [0.5, 0.6) is 0 Å². The first-order chi connectivity index (χ1) is 6.86. The fourth-order valence-electron chi connectivity index (χ4n) is 1.68. The summed E-state index contributed by atoms with van der Waals surface area (Å²) in [5.41, 5.74) is 1.33. The lowest BCUT2D eigenvalue weighted by Gasteiger charge is -2.12. The Bertz CT molecular complexity index is 336. The van der Waals surface area contributed by atoms with E-state index in [9.17, 15) is 9.59 Å². The van der Waals surface area contributed by atoms with Gasteiger partial charge in [-0.25, -0.2) is 5.84 Å². The molecule has 15 heavy (non-hydrogen) atoms. The molecular weight excluding hydrogens is 196 g/mol. The van der Waals surface area contributed by atoms with E-state index in [0.29, 0.717) is 5.57 Å². The van der Waals surface area contributed by atoms with Gasteiger partial charge in [-0.05, 0) is 33.3 Å². The van der Waals surface area contributed by atoms with Crippen LogP contribution in [-0.4, -0.2) is 23.0 Å². The molecule has 0 aromatic rings.